The average molecular weight is 253 g/mol. The topological polar surface area (TPSA) is 55.5 Å². The normalized spacial score (nSPS) is 10.2. The summed E-state index contributed by atoms with van der Waals surface area (Å²) in [5.41, 5.74) is 7.54. The van der Waals surface area contributed by atoms with Gasteiger partial charge in [-0.3, -0.25) is 0 Å². The van der Waals surface area contributed by atoms with Crippen LogP contribution in [0.1, 0.15) is 30.4 Å². The summed E-state index contributed by atoms with van der Waals surface area (Å²) in [7, 11) is 0. The largest absolute Gasteiger partial charge is 0.493 e. The number of benzene rings is 1. The highest BCUT2D eigenvalue weighted by molar-refractivity contribution is 7.80. The van der Waals surface area contributed by atoms with Gasteiger partial charge in [-0.15, -0.1) is 0 Å². The summed E-state index contributed by atoms with van der Waals surface area (Å²) in [5.74, 6) is 0.751. The van der Waals surface area contributed by atoms with Gasteiger partial charge in [0.25, 0.3) is 0 Å². The molecule has 1 aromatic carbocycles. The molecule has 0 heterocycles. The fourth-order valence-electron chi connectivity index (χ4n) is 1.53. The molecule has 94 valence electrons. The van der Waals surface area contributed by atoms with Crippen molar-refractivity contribution in [2.45, 2.75) is 26.2 Å². The summed E-state index contributed by atoms with van der Waals surface area (Å²) in [6.45, 7) is 2.86. The van der Waals surface area contributed by atoms with Gasteiger partial charge < -0.3 is 15.6 Å². The molecule has 3 nitrogen and oxygen atoms in total. The molecule has 0 amide bonds. The van der Waals surface area contributed by atoms with E-state index in [9.17, 15) is 0 Å². The van der Waals surface area contributed by atoms with Crippen molar-refractivity contribution in [1.82, 2.24) is 0 Å². The fraction of sp³-hybridized carbons (Fsp3) is 0.462. The van der Waals surface area contributed by atoms with Crippen LogP contribution in [0.5, 0.6) is 5.75 Å². The van der Waals surface area contributed by atoms with Crippen LogP contribution in [0, 0.1) is 6.92 Å². The molecule has 4 heteroatoms. The lowest BCUT2D eigenvalue weighted by atomic mass is 10.1. The van der Waals surface area contributed by atoms with E-state index in [2.05, 4.69) is 0 Å². The minimum Gasteiger partial charge on any atom is -0.493 e. The van der Waals surface area contributed by atoms with E-state index in [1.165, 1.54) is 0 Å². The highest BCUT2D eigenvalue weighted by Crippen LogP contribution is 2.20. The van der Waals surface area contributed by atoms with Crippen LogP contribution in [0.4, 0.5) is 0 Å². The van der Waals surface area contributed by atoms with Crippen molar-refractivity contribution in [3.63, 3.8) is 0 Å². The quantitative estimate of drug-likeness (QED) is 0.577. The molecule has 0 aliphatic carbocycles. The molecule has 0 bridgehead atoms. The maximum atomic E-state index is 8.66. The van der Waals surface area contributed by atoms with Gasteiger partial charge in [0.1, 0.15) is 10.7 Å². The van der Waals surface area contributed by atoms with E-state index in [-0.39, 0.29) is 6.61 Å². The van der Waals surface area contributed by atoms with Gasteiger partial charge in [-0.25, -0.2) is 0 Å². The zero-order chi connectivity index (χ0) is 12.7. The van der Waals surface area contributed by atoms with Crippen LogP contribution in [0.25, 0.3) is 0 Å². The second-order valence-electron chi connectivity index (χ2n) is 4.00. The Morgan fingerprint density at radius 2 is 2.12 bits per heavy atom. The lowest BCUT2D eigenvalue weighted by Gasteiger charge is -2.11. The van der Waals surface area contributed by atoms with Crippen LogP contribution < -0.4 is 10.5 Å². The van der Waals surface area contributed by atoms with E-state index in [1.807, 2.05) is 25.1 Å². The number of aliphatic hydroxyl groups is 1. The monoisotopic (exact) mass is 253 g/mol. The zero-order valence-electron chi connectivity index (χ0n) is 10.1. The van der Waals surface area contributed by atoms with Crippen LogP contribution >= 0.6 is 12.2 Å². The van der Waals surface area contributed by atoms with Gasteiger partial charge in [0, 0.05) is 6.61 Å². The molecule has 0 unspecified atom stereocenters. The summed E-state index contributed by atoms with van der Waals surface area (Å²) in [4.78, 5) is 0.357. The highest BCUT2D eigenvalue weighted by atomic mass is 32.1. The number of unbranched alkanes of at least 4 members (excludes halogenated alkanes) is 2. The molecule has 0 aliphatic rings. The number of ether oxygens (including phenoxy) is 1. The predicted molar refractivity (Wildman–Crippen MR) is 73.5 cm³/mol. The number of thiocarbonyl (C=S) groups is 1. The molecule has 0 aliphatic heterocycles. The Bertz CT molecular complexity index is 380. The van der Waals surface area contributed by atoms with Crippen LogP contribution in [-0.2, 0) is 0 Å². The van der Waals surface area contributed by atoms with E-state index in [0.29, 0.717) is 11.6 Å². The van der Waals surface area contributed by atoms with Crippen molar-refractivity contribution in [2.24, 2.45) is 5.73 Å². The van der Waals surface area contributed by atoms with E-state index in [0.717, 1.165) is 36.1 Å². The third kappa shape index (κ3) is 4.71. The summed E-state index contributed by atoms with van der Waals surface area (Å²) in [5, 5.41) is 8.66. The summed E-state index contributed by atoms with van der Waals surface area (Å²) >= 11 is 4.98. The van der Waals surface area contributed by atoms with Crippen LogP contribution in [0.15, 0.2) is 18.2 Å². The van der Waals surface area contributed by atoms with Gasteiger partial charge in [0.2, 0.25) is 0 Å². The van der Waals surface area contributed by atoms with Gasteiger partial charge in [-0.05, 0) is 43.9 Å². The third-order valence-electron chi connectivity index (χ3n) is 2.46. The molecule has 17 heavy (non-hydrogen) atoms. The maximum Gasteiger partial charge on any atom is 0.129 e. The molecule has 0 atom stereocenters. The fourth-order valence-corrected chi connectivity index (χ4v) is 1.69. The van der Waals surface area contributed by atoms with Gasteiger partial charge in [-0.1, -0.05) is 18.3 Å². The number of hydrogen-bond donors (Lipinski definition) is 2. The molecule has 1 rings (SSSR count). The van der Waals surface area contributed by atoms with Crippen molar-refractivity contribution in [3.8, 4) is 5.75 Å². The van der Waals surface area contributed by atoms with Crippen molar-refractivity contribution >= 4 is 17.2 Å². The molecule has 0 saturated carbocycles. The Morgan fingerprint density at radius 1 is 1.35 bits per heavy atom. The number of rotatable bonds is 7. The van der Waals surface area contributed by atoms with E-state index in [1.54, 1.807) is 0 Å². The zero-order valence-corrected chi connectivity index (χ0v) is 10.9. The lowest BCUT2D eigenvalue weighted by molar-refractivity contribution is 0.266. The van der Waals surface area contributed by atoms with Crippen LogP contribution in [-0.4, -0.2) is 23.3 Å². The first-order chi connectivity index (χ1) is 8.15. The highest BCUT2D eigenvalue weighted by Gasteiger charge is 2.06. The molecule has 3 N–H and O–H groups in total. The van der Waals surface area contributed by atoms with Gasteiger partial charge in [-0.2, -0.15) is 0 Å². The third-order valence-corrected chi connectivity index (χ3v) is 2.68. The number of aliphatic hydroxyl groups excluding tert-OH is 1. The second kappa shape index (κ2) is 7.25. The minimum absolute atomic E-state index is 0.239. The number of hydrogen-bond acceptors (Lipinski definition) is 3. The number of nitrogens with two attached hydrogens (primary N) is 1. The van der Waals surface area contributed by atoms with Crippen molar-refractivity contribution in [2.75, 3.05) is 13.2 Å². The van der Waals surface area contributed by atoms with Gasteiger partial charge >= 0.3 is 0 Å². The van der Waals surface area contributed by atoms with E-state index < -0.39 is 0 Å². The Hall–Kier alpha value is -1.13. The summed E-state index contributed by atoms with van der Waals surface area (Å²) < 4.78 is 5.68. The lowest BCUT2D eigenvalue weighted by Crippen LogP contribution is -2.12. The minimum atomic E-state index is 0.239. The van der Waals surface area contributed by atoms with Crippen molar-refractivity contribution < 1.29 is 9.84 Å². The number of aryl methyl sites for hydroxylation is 1. The standard InChI is InChI=1S/C13H19NO2S/c1-10-5-6-11(13(14)17)12(9-10)16-8-4-2-3-7-15/h5-6,9,15H,2-4,7-8H2,1H3,(H2,14,17). The molecular weight excluding hydrogens is 234 g/mol. The molecule has 0 fully saturated rings. The SMILES string of the molecule is Cc1ccc(C(N)=S)c(OCCCCCO)c1. The molecule has 0 radical (unpaired) electrons. The van der Waals surface area contributed by atoms with E-state index in [4.69, 9.17) is 27.8 Å². The first-order valence-corrected chi connectivity index (χ1v) is 6.20. The first kappa shape index (κ1) is 13.9. The van der Waals surface area contributed by atoms with E-state index >= 15 is 0 Å². The van der Waals surface area contributed by atoms with Gasteiger partial charge in [0.05, 0.1) is 12.2 Å². The van der Waals surface area contributed by atoms with Crippen LogP contribution in [0.2, 0.25) is 0 Å². The maximum absolute atomic E-state index is 8.66. The van der Waals surface area contributed by atoms with Crippen molar-refractivity contribution in [3.05, 3.63) is 29.3 Å². The first-order valence-electron chi connectivity index (χ1n) is 5.79. The Kier molecular flexibility index (Phi) is 5.94. The summed E-state index contributed by atoms with van der Waals surface area (Å²) in [6, 6.07) is 5.80. The Morgan fingerprint density at radius 3 is 2.76 bits per heavy atom. The molecule has 0 saturated heterocycles. The molecule has 1 aromatic rings. The second-order valence-corrected chi connectivity index (χ2v) is 4.44. The van der Waals surface area contributed by atoms with Crippen molar-refractivity contribution in [1.29, 1.82) is 0 Å². The van der Waals surface area contributed by atoms with Crippen LogP contribution in [0.3, 0.4) is 0 Å². The predicted octanol–water partition coefficient (Wildman–Crippen LogP) is 2.17. The Labute approximate surface area is 108 Å². The molecule has 0 spiro atoms. The summed E-state index contributed by atoms with van der Waals surface area (Å²) in [6.07, 6.45) is 2.70. The molecule has 0 aromatic heterocycles. The van der Waals surface area contributed by atoms with Gasteiger partial charge in [0.15, 0.2) is 0 Å². The Balaban J connectivity index is 2.56. The molecular formula is C13H19NO2S. The average Bonchev–Trinajstić information content (AvgIpc) is 2.28. The smallest absolute Gasteiger partial charge is 0.129 e.